The van der Waals surface area contributed by atoms with Crippen molar-refractivity contribution >= 4 is 5.96 Å². The Kier molecular flexibility index (Phi) is 9.11. The van der Waals surface area contributed by atoms with Crippen LogP contribution in [0.5, 0.6) is 0 Å². The number of piperidine rings is 1. The van der Waals surface area contributed by atoms with Gasteiger partial charge in [-0.25, -0.2) is 0 Å². The maximum atomic E-state index is 5.42. The number of guanidine groups is 1. The molecule has 3 rings (SSSR count). The van der Waals surface area contributed by atoms with Gasteiger partial charge in [-0.05, 0) is 57.1 Å². The third-order valence-corrected chi connectivity index (χ3v) is 5.86. The van der Waals surface area contributed by atoms with E-state index >= 15 is 0 Å². The largest absolute Gasteiger partial charge is 0.379 e. The molecular formula is C23H38N4O. The van der Waals surface area contributed by atoms with E-state index in [2.05, 4.69) is 52.4 Å². The summed E-state index contributed by atoms with van der Waals surface area (Å²) in [5.74, 6) is 1.92. The van der Waals surface area contributed by atoms with Gasteiger partial charge in [0.15, 0.2) is 5.96 Å². The number of rotatable bonds is 8. The normalized spacial score (nSPS) is 19.8. The predicted molar refractivity (Wildman–Crippen MR) is 117 cm³/mol. The summed E-state index contributed by atoms with van der Waals surface area (Å²) in [6.07, 6.45) is 6.12. The Morgan fingerprint density at radius 2 is 1.82 bits per heavy atom. The van der Waals surface area contributed by atoms with Gasteiger partial charge in [0.2, 0.25) is 0 Å². The van der Waals surface area contributed by atoms with Gasteiger partial charge in [-0.2, -0.15) is 0 Å². The number of hydrogen-bond donors (Lipinski definition) is 1. The van der Waals surface area contributed by atoms with Crippen molar-refractivity contribution in [1.29, 1.82) is 0 Å². The summed E-state index contributed by atoms with van der Waals surface area (Å²) >= 11 is 0. The smallest absolute Gasteiger partial charge is 0.193 e. The van der Waals surface area contributed by atoms with E-state index in [-0.39, 0.29) is 0 Å². The van der Waals surface area contributed by atoms with Crippen LogP contribution in [0.25, 0.3) is 0 Å². The van der Waals surface area contributed by atoms with Crippen LogP contribution in [0, 0.1) is 5.92 Å². The molecule has 0 unspecified atom stereocenters. The molecule has 1 N–H and O–H groups in total. The van der Waals surface area contributed by atoms with Crippen molar-refractivity contribution < 1.29 is 4.74 Å². The molecule has 2 heterocycles. The standard InChI is InChI=1S/C23H38N4O/c1-2-24-23(25-12-6-7-13-26-16-18-28-19-17-26)27-14-10-22(11-15-27)20-21-8-4-3-5-9-21/h3-5,8-9,22H,2,6-7,10-20H2,1H3,(H,24,25). The minimum Gasteiger partial charge on any atom is -0.379 e. The van der Waals surface area contributed by atoms with Gasteiger partial charge >= 0.3 is 0 Å². The second-order valence-corrected chi connectivity index (χ2v) is 8.02. The molecule has 0 amide bonds. The lowest BCUT2D eigenvalue weighted by Gasteiger charge is -2.34. The number of nitrogens with zero attached hydrogens (tertiary/aromatic N) is 3. The van der Waals surface area contributed by atoms with Crippen LogP contribution in [-0.4, -0.2) is 74.8 Å². The average molecular weight is 387 g/mol. The molecule has 28 heavy (non-hydrogen) atoms. The molecule has 1 aromatic rings. The molecule has 5 heteroatoms. The van der Waals surface area contributed by atoms with Crippen molar-refractivity contribution in [3.05, 3.63) is 35.9 Å². The lowest BCUT2D eigenvalue weighted by molar-refractivity contribution is 0.0373. The van der Waals surface area contributed by atoms with Gasteiger partial charge in [0.05, 0.1) is 13.2 Å². The topological polar surface area (TPSA) is 40.1 Å². The molecule has 2 aliphatic rings. The molecule has 0 aliphatic carbocycles. The summed E-state index contributed by atoms with van der Waals surface area (Å²) in [7, 11) is 0. The van der Waals surface area contributed by atoms with E-state index in [9.17, 15) is 0 Å². The van der Waals surface area contributed by atoms with Crippen molar-refractivity contribution in [2.45, 2.75) is 39.0 Å². The van der Waals surface area contributed by atoms with E-state index in [1.807, 2.05) is 0 Å². The molecule has 2 aliphatic heterocycles. The molecule has 5 nitrogen and oxygen atoms in total. The number of morpholine rings is 1. The average Bonchev–Trinajstić information content (AvgIpc) is 2.75. The maximum Gasteiger partial charge on any atom is 0.193 e. The SMILES string of the molecule is CCNC(=NCCCCN1CCOCC1)N1CCC(Cc2ccccc2)CC1. The summed E-state index contributed by atoms with van der Waals surface area (Å²) in [5, 5.41) is 3.51. The Morgan fingerprint density at radius 3 is 2.54 bits per heavy atom. The number of aliphatic imine (C=N–C) groups is 1. The Morgan fingerprint density at radius 1 is 1.07 bits per heavy atom. The Hall–Kier alpha value is -1.59. The monoisotopic (exact) mass is 386 g/mol. The molecule has 2 fully saturated rings. The van der Waals surface area contributed by atoms with Gasteiger partial charge < -0.3 is 15.0 Å². The van der Waals surface area contributed by atoms with Crippen LogP contribution in [0.1, 0.15) is 38.2 Å². The van der Waals surface area contributed by atoms with Gasteiger partial charge in [-0.1, -0.05) is 30.3 Å². The predicted octanol–water partition coefficient (Wildman–Crippen LogP) is 3.02. The summed E-state index contributed by atoms with van der Waals surface area (Å²) < 4.78 is 5.42. The number of benzene rings is 1. The Labute approximate surface area is 171 Å². The molecule has 0 saturated carbocycles. The van der Waals surface area contributed by atoms with Crippen LogP contribution < -0.4 is 5.32 Å². The fourth-order valence-electron chi connectivity index (χ4n) is 4.18. The highest BCUT2D eigenvalue weighted by atomic mass is 16.5. The van der Waals surface area contributed by atoms with E-state index in [1.54, 1.807) is 0 Å². The first kappa shape index (κ1) is 21.1. The quantitative estimate of drug-likeness (QED) is 0.424. The van der Waals surface area contributed by atoms with Gasteiger partial charge in [-0.15, -0.1) is 0 Å². The number of nitrogens with one attached hydrogen (secondary N) is 1. The summed E-state index contributed by atoms with van der Waals surface area (Å²) in [5.41, 5.74) is 1.47. The number of unbranched alkanes of at least 4 members (excludes halogenated alkanes) is 1. The highest BCUT2D eigenvalue weighted by Crippen LogP contribution is 2.21. The third-order valence-electron chi connectivity index (χ3n) is 5.86. The zero-order valence-electron chi connectivity index (χ0n) is 17.6. The van der Waals surface area contributed by atoms with E-state index < -0.39 is 0 Å². The minimum absolute atomic E-state index is 0.801. The Balaban J connectivity index is 1.37. The summed E-state index contributed by atoms with van der Waals surface area (Å²) in [6.45, 7) is 11.4. The van der Waals surface area contributed by atoms with Crippen LogP contribution in [0.4, 0.5) is 0 Å². The molecule has 0 atom stereocenters. The molecule has 2 saturated heterocycles. The van der Waals surface area contributed by atoms with Crippen molar-refractivity contribution in [1.82, 2.24) is 15.1 Å². The molecule has 0 bridgehead atoms. The van der Waals surface area contributed by atoms with Crippen LogP contribution in [0.2, 0.25) is 0 Å². The molecule has 1 aromatic carbocycles. The second-order valence-electron chi connectivity index (χ2n) is 8.02. The molecule has 0 spiro atoms. The van der Waals surface area contributed by atoms with Crippen LogP contribution >= 0.6 is 0 Å². The van der Waals surface area contributed by atoms with E-state index in [0.29, 0.717) is 0 Å². The first-order valence-electron chi connectivity index (χ1n) is 11.2. The van der Waals surface area contributed by atoms with Crippen molar-refractivity contribution in [3.63, 3.8) is 0 Å². The van der Waals surface area contributed by atoms with Crippen LogP contribution in [0.3, 0.4) is 0 Å². The zero-order valence-corrected chi connectivity index (χ0v) is 17.6. The number of ether oxygens (including phenoxy) is 1. The zero-order chi connectivity index (χ0) is 19.4. The van der Waals surface area contributed by atoms with Gasteiger partial charge in [-0.3, -0.25) is 9.89 Å². The lowest BCUT2D eigenvalue weighted by Crippen LogP contribution is -2.46. The lowest BCUT2D eigenvalue weighted by atomic mass is 9.90. The molecule has 0 aromatic heterocycles. The van der Waals surface area contributed by atoms with E-state index in [4.69, 9.17) is 9.73 Å². The molecule has 0 radical (unpaired) electrons. The fourth-order valence-corrected chi connectivity index (χ4v) is 4.18. The highest BCUT2D eigenvalue weighted by molar-refractivity contribution is 5.80. The van der Waals surface area contributed by atoms with Crippen LogP contribution in [0.15, 0.2) is 35.3 Å². The highest BCUT2D eigenvalue weighted by Gasteiger charge is 2.21. The van der Waals surface area contributed by atoms with Crippen molar-refractivity contribution in [2.75, 3.05) is 59.0 Å². The van der Waals surface area contributed by atoms with Crippen molar-refractivity contribution in [2.24, 2.45) is 10.9 Å². The molecular weight excluding hydrogens is 348 g/mol. The minimum atomic E-state index is 0.801. The maximum absolute atomic E-state index is 5.42. The van der Waals surface area contributed by atoms with Gasteiger partial charge in [0, 0.05) is 39.3 Å². The first-order valence-corrected chi connectivity index (χ1v) is 11.2. The van der Waals surface area contributed by atoms with Crippen molar-refractivity contribution in [3.8, 4) is 0 Å². The number of likely N-dealkylation sites (tertiary alicyclic amines) is 1. The van der Waals surface area contributed by atoms with Gasteiger partial charge in [0.25, 0.3) is 0 Å². The first-order chi connectivity index (χ1) is 13.8. The summed E-state index contributed by atoms with van der Waals surface area (Å²) in [4.78, 5) is 9.89. The van der Waals surface area contributed by atoms with E-state index in [1.165, 1.54) is 37.8 Å². The second kappa shape index (κ2) is 12.1. The fraction of sp³-hybridized carbons (Fsp3) is 0.696. The third kappa shape index (κ3) is 7.10. The molecule has 156 valence electrons. The van der Waals surface area contributed by atoms with Gasteiger partial charge in [0.1, 0.15) is 0 Å². The van der Waals surface area contributed by atoms with Crippen LogP contribution in [-0.2, 0) is 11.2 Å². The Bertz CT molecular complexity index is 563. The van der Waals surface area contributed by atoms with E-state index in [0.717, 1.165) is 70.8 Å². The summed E-state index contributed by atoms with van der Waals surface area (Å²) in [6, 6.07) is 10.9. The number of hydrogen-bond acceptors (Lipinski definition) is 3.